The molecule has 0 aliphatic carbocycles. The molecule has 1 atom stereocenters. The summed E-state index contributed by atoms with van der Waals surface area (Å²) < 4.78 is 5.32. The van der Waals surface area contributed by atoms with Crippen LogP contribution in [0.1, 0.15) is 31.7 Å². The number of hydrogen-bond donors (Lipinski definition) is 1. The third kappa shape index (κ3) is 4.82. The first-order valence-corrected chi connectivity index (χ1v) is 9.09. The predicted molar refractivity (Wildman–Crippen MR) is 95.3 cm³/mol. The number of nitrogens with zero attached hydrogens (tertiary/aromatic N) is 1. The number of nitro benzene ring substituents is 1. The van der Waals surface area contributed by atoms with Crippen LogP contribution in [0.25, 0.3) is 0 Å². The maximum Gasteiger partial charge on any atom is 0.336 e. The molecule has 1 heterocycles. The number of allylic oxidation sites excluding steroid dienone is 1. The van der Waals surface area contributed by atoms with E-state index in [9.17, 15) is 19.7 Å². The first-order valence-electron chi connectivity index (χ1n) is 7.93. The molecule has 1 aromatic rings. The number of amides is 1. The molecular weight excluding hydrogens is 344 g/mol. The molecule has 0 bridgehead atoms. The van der Waals surface area contributed by atoms with Crippen LogP contribution in [0.4, 0.5) is 5.69 Å². The van der Waals surface area contributed by atoms with E-state index in [0.717, 1.165) is 5.75 Å². The van der Waals surface area contributed by atoms with Crippen molar-refractivity contribution in [3.05, 3.63) is 51.2 Å². The molecule has 0 aromatic heterocycles. The zero-order valence-electron chi connectivity index (χ0n) is 14.1. The number of ether oxygens (including phenoxy) is 1. The summed E-state index contributed by atoms with van der Waals surface area (Å²) in [6.45, 7) is 3.94. The third-order valence-electron chi connectivity index (χ3n) is 3.84. The molecular formula is C17H20N2O5S. The Balaban J connectivity index is 2.29. The van der Waals surface area contributed by atoms with Crippen molar-refractivity contribution < 1.29 is 19.2 Å². The second-order valence-corrected chi connectivity index (χ2v) is 6.92. The van der Waals surface area contributed by atoms with Crippen LogP contribution in [0.2, 0.25) is 0 Å². The lowest BCUT2D eigenvalue weighted by Gasteiger charge is -2.26. The van der Waals surface area contributed by atoms with Crippen molar-refractivity contribution in [2.45, 2.75) is 26.2 Å². The number of nitro groups is 1. The van der Waals surface area contributed by atoms with E-state index in [-0.39, 0.29) is 24.6 Å². The Hall–Kier alpha value is -2.35. The largest absolute Gasteiger partial charge is 0.461 e. The summed E-state index contributed by atoms with van der Waals surface area (Å²) in [6, 6.07) is 6.01. The highest BCUT2D eigenvalue weighted by molar-refractivity contribution is 7.99. The van der Waals surface area contributed by atoms with Crippen LogP contribution in [0, 0.1) is 10.1 Å². The summed E-state index contributed by atoms with van der Waals surface area (Å²) in [6.07, 6.45) is 0.0483. The molecule has 0 spiro atoms. The maximum absolute atomic E-state index is 12.5. The fourth-order valence-corrected chi connectivity index (χ4v) is 3.22. The molecule has 1 unspecified atom stereocenters. The zero-order chi connectivity index (χ0) is 18.4. The van der Waals surface area contributed by atoms with E-state index in [4.69, 9.17) is 4.74 Å². The number of esters is 1. The van der Waals surface area contributed by atoms with Gasteiger partial charge in [-0.3, -0.25) is 14.9 Å². The van der Waals surface area contributed by atoms with Gasteiger partial charge in [0.1, 0.15) is 6.61 Å². The highest BCUT2D eigenvalue weighted by atomic mass is 32.2. The highest BCUT2D eigenvalue weighted by Gasteiger charge is 2.33. The van der Waals surface area contributed by atoms with Gasteiger partial charge < -0.3 is 10.1 Å². The molecule has 1 aromatic carbocycles. The third-order valence-corrected chi connectivity index (χ3v) is 4.70. The first kappa shape index (κ1) is 19.0. The van der Waals surface area contributed by atoms with Crippen LogP contribution in [0.5, 0.6) is 0 Å². The molecule has 0 saturated heterocycles. The van der Waals surface area contributed by atoms with E-state index in [2.05, 4.69) is 5.32 Å². The Kier molecular flexibility index (Phi) is 6.58. The van der Waals surface area contributed by atoms with Gasteiger partial charge in [-0.1, -0.05) is 19.1 Å². The number of benzene rings is 1. The first-order chi connectivity index (χ1) is 11.9. The lowest BCUT2D eigenvalue weighted by Crippen LogP contribution is -2.34. The van der Waals surface area contributed by atoms with Gasteiger partial charge in [-0.2, -0.15) is 11.8 Å². The number of non-ortho nitro benzene ring substituents is 1. The lowest BCUT2D eigenvalue weighted by atomic mass is 9.84. The standard InChI is InChI=1S/C17H20N2O5S/c1-3-25-8-7-24-17(21)16-11(2)18-15(20)10-14(16)12-5-4-6-13(9-12)19(22)23/h4-6,9,14H,3,7-8,10H2,1-2H3,(H,18,20). The number of nitrogens with one attached hydrogen (secondary N) is 1. The van der Waals surface area contributed by atoms with Crippen LogP contribution < -0.4 is 5.32 Å². The monoisotopic (exact) mass is 364 g/mol. The van der Waals surface area contributed by atoms with Crippen LogP contribution in [0.15, 0.2) is 35.5 Å². The maximum atomic E-state index is 12.5. The van der Waals surface area contributed by atoms with Gasteiger partial charge in [0.15, 0.2) is 0 Å². The number of carbonyl (C=O) groups excluding carboxylic acids is 2. The van der Waals surface area contributed by atoms with Crippen molar-refractivity contribution in [2.24, 2.45) is 0 Å². The smallest absolute Gasteiger partial charge is 0.336 e. The molecule has 1 aliphatic rings. The van der Waals surface area contributed by atoms with Gasteiger partial charge in [0.05, 0.1) is 10.5 Å². The number of carbonyl (C=O) groups is 2. The van der Waals surface area contributed by atoms with E-state index in [1.165, 1.54) is 12.1 Å². The quantitative estimate of drug-likeness (QED) is 0.346. The van der Waals surface area contributed by atoms with Crippen LogP contribution in [-0.2, 0) is 14.3 Å². The molecule has 8 heteroatoms. The van der Waals surface area contributed by atoms with Crippen molar-refractivity contribution in [3.63, 3.8) is 0 Å². The Bertz CT molecular complexity index is 717. The van der Waals surface area contributed by atoms with Gasteiger partial charge in [-0.05, 0) is 18.2 Å². The average molecular weight is 364 g/mol. The molecule has 134 valence electrons. The van der Waals surface area contributed by atoms with Crippen molar-refractivity contribution in [2.75, 3.05) is 18.1 Å². The second-order valence-electron chi connectivity index (χ2n) is 5.53. The summed E-state index contributed by atoms with van der Waals surface area (Å²) in [7, 11) is 0. The molecule has 0 fully saturated rings. The summed E-state index contributed by atoms with van der Waals surface area (Å²) in [5, 5.41) is 13.7. The summed E-state index contributed by atoms with van der Waals surface area (Å²) >= 11 is 1.66. The molecule has 1 aliphatic heterocycles. The SMILES string of the molecule is CCSCCOC(=O)C1=C(C)NC(=O)CC1c1cccc([N+](=O)[O-])c1. The molecule has 0 saturated carbocycles. The predicted octanol–water partition coefficient (Wildman–Crippen LogP) is 2.77. The van der Waals surface area contributed by atoms with Gasteiger partial charge in [-0.15, -0.1) is 0 Å². The fourth-order valence-electron chi connectivity index (χ4n) is 2.73. The van der Waals surface area contributed by atoms with Gasteiger partial charge in [0, 0.05) is 35.9 Å². The van der Waals surface area contributed by atoms with Gasteiger partial charge in [0.2, 0.25) is 5.91 Å². The lowest BCUT2D eigenvalue weighted by molar-refractivity contribution is -0.384. The van der Waals surface area contributed by atoms with E-state index in [1.807, 2.05) is 6.92 Å². The topological polar surface area (TPSA) is 98.5 Å². The number of hydrogen-bond acceptors (Lipinski definition) is 6. The Morgan fingerprint density at radius 2 is 2.24 bits per heavy atom. The van der Waals surface area contributed by atoms with Crippen LogP contribution in [0.3, 0.4) is 0 Å². The van der Waals surface area contributed by atoms with Crippen LogP contribution >= 0.6 is 11.8 Å². The van der Waals surface area contributed by atoms with E-state index < -0.39 is 16.8 Å². The Morgan fingerprint density at radius 3 is 2.92 bits per heavy atom. The molecule has 25 heavy (non-hydrogen) atoms. The average Bonchev–Trinajstić information content (AvgIpc) is 2.58. The van der Waals surface area contributed by atoms with E-state index >= 15 is 0 Å². The fraction of sp³-hybridized carbons (Fsp3) is 0.412. The molecule has 1 N–H and O–H groups in total. The minimum absolute atomic E-state index is 0.0483. The minimum atomic E-state index is -0.556. The normalized spacial score (nSPS) is 17.2. The van der Waals surface area contributed by atoms with Gasteiger partial charge >= 0.3 is 5.97 Å². The second kappa shape index (κ2) is 8.66. The van der Waals surface area contributed by atoms with E-state index in [0.29, 0.717) is 22.6 Å². The molecule has 0 radical (unpaired) electrons. The molecule has 1 amide bonds. The highest BCUT2D eigenvalue weighted by Crippen LogP contribution is 2.34. The molecule has 2 rings (SSSR count). The van der Waals surface area contributed by atoms with Crippen LogP contribution in [-0.4, -0.2) is 34.9 Å². The Labute approximate surface area is 150 Å². The van der Waals surface area contributed by atoms with Crippen molar-refractivity contribution in [1.82, 2.24) is 5.32 Å². The zero-order valence-corrected chi connectivity index (χ0v) is 14.9. The summed E-state index contributed by atoms with van der Waals surface area (Å²) in [5.41, 5.74) is 1.26. The number of rotatable bonds is 7. The summed E-state index contributed by atoms with van der Waals surface area (Å²) in [5.74, 6) is 0.353. The van der Waals surface area contributed by atoms with Crippen molar-refractivity contribution in [3.8, 4) is 0 Å². The van der Waals surface area contributed by atoms with E-state index in [1.54, 1.807) is 30.8 Å². The van der Waals surface area contributed by atoms with Crippen molar-refractivity contribution >= 4 is 29.3 Å². The minimum Gasteiger partial charge on any atom is -0.461 e. The van der Waals surface area contributed by atoms with Gasteiger partial charge in [0.25, 0.3) is 5.69 Å². The van der Waals surface area contributed by atoms with Crippen molar-refractivity contribution in [1.29, 1.82) is 0 Å². The molecule has 7 nitrogen and oxygen atoms in total. The number of thioether (sulfide) groups is 1. The van der Waals surface area contributed by atoms with Gasteiger partial charge in [-0.25, -0.2) is 4.79 Å². The summed E-state index contributed by atoms with van der Waals surface area (Å²) in [4.78, 5) is 34.9. The Morgan fingerprint density at radius 1 is 1.48 bits per heavy atom.